The molecule has 0 spiro atoms. The van der Waals surface area contributed by atoms with Gasteiger partial charge in [0.15, 0.2) is 11.4 Å². The maximum atomic E-state index is 13.5. The molecule has 122 valence electrons. The van der Waals surface area contributed by atoms with Crippen molar-refractivity contribution in [2.75, 3.05) is 5.01 Å². The highest BCUT2D eigenvalue weighted by molar-refractivity contribution is 6.35. The number of ketones is 1. The Kier molecular flexibility index (Phi) is 4.55. The van der Waals surface area contributed by atoms with Crippen LogP contribution in [0.1, 0.15) is 23.7 Å². The van der Waals surface area contributed by atoms with Gasteiger partial charge in [-0.1, -0.05) is 11.6 Å². The van der Waals surface area contributed by atoms with E-state index < -0.39 is 29.4 Å². The van der Waals surface area contributed by atoms with Crippen molar-refractivity contribution in [3.63, 3.8) is 0 Å². The molecule has 3 N–H and O–H groups in total. The maximum absolute atomic E-state index is 13.5. The van der Waals surface area contributed by atoms with Crippen LogP contribution in [0.15, 0.2) is 23.9 Å². The SMILES string of the molecule is CC1CC(=O)c2c(ccc(F)c2Cl)N1NC=C(C(=O)O)C(=O)O. The summed E-state index contributed by atoms with van der Waals surface area (Å²) < 4.78 is 13.5. The Morgan fingerprint density at radius 3 is 2.57 bits per heavy atom. The van der Waals surface area contributed by atoms with E-state index in [1.807, 2.05) is 0 Å². The van der Waals surface area contributed by atoms with Crippen molar-refractivity contribution >= 4 is 35.0 Å². The summed E-state index contributed by atoms with van der Waals surface area (Å²) in [5.74, 6) is -4.34. The van der Waals surface area contributed by atoms with Gasteiger partial charge in [-0.15, -0.1) is 0 Å². The number of nitrogens with one attached hydrogen (secondary N) is 1. The van der Waals surface area contributed by atoms with Crippen LogP contribution in [-0.4, -0.2) is 34.0 Å². The number of carbonyl (C=O) groups excluding carboxylic acids is 1. The van der Waals surface area contributed by atoms with E-state index in [2.05, 4.69) is 5.43 Å². The van der Waals surface area contributed by atoms with Crippen LogP contribution >= 0.6 is 11.6 Å². The van der Waals surface area contributed by atoms with E-state index in [0.29, 0.717) is 0 Å². The first-order valence-corrected chi connectivity index (χ1v) is 6.85. The highest BCUT2D eigenvalue weighted by atomic mass is 35.5. The van der Waals surface area contributed by atoms with E-state index in [0.717, 1.165) is 12.3 Å². The zero-order chi connectivity index (χ0) is 17.3. The average molecular weight is 343 g/mol. The van der Waals surface area contributed by atoms with Crippen LogP contribution in [0.4, 0.5) is 10.1 Å². The first kappa shape index (κ1) is 16.8. The fourth-order valence-corrected chi connectivity index (χ4v) is 2.52. The Balaban J connectivity index is 2.45. The molecule has 0 saturated carbocycles. The number of halogens is 2. The van der Waals surface area contributed by atoms with Gasteiger partial charge in [-0.2, -0.15) is 0 Å². The normalized spacial score (nSPS) is 16.6. The molecule has 0 fully saturated rings. The van der Waals surface area contributed by atoms with Crippen molar-refractivity contribution in [1.29, 1.82) is 0 Å². The number of anilines is 1. The second kappa shape index (κ2) is 6.25. The van der Waals surface area contributed by atoms with Crippen molar-refractivity contribution < 1.29 is 29.0 Å². The van der Waals surface area contributed by atoms with Gasteiger partial charge in [-0.05, 0) is 19.1 Å². The molecule has 9 heteroatoms. The number of hydrazine groups is 1. The predicted octanol–water partition coefficient (Wildman–Crippen LogP) is 1.82. The van der Waals surface area contributed by atoms with E-state index in [9.17, 15) is 18.8 Å². The Morgan fingerprint density at radius 2 is 2.00 bits per heavy atom. The molecule has 1 aliphatic heterocycles. The number of benzene rings is 1. The minimum Gasteiger partial charge on any atom is -0.477 e. The van der Waals surface area contributed by atoms with Crippen molar-refractivity contribution in [1.82, 2.24) is 5.43 Å². The summed E-state index contributed by atoms with van der Waals surface area (Å²) in [7, 11) is 0. The summed E-state index contributed by atoms with van der Waals surface area (Å²) in [6.45, 7) is 1.67. The lowest BCUT2D eigenvalue weighted by Crippen LogP contribution is -2.47. The van der Waals surface area contributed by atoms with Crippen LogP contribution in [0.3, 0.4) is 0 Å². The van der Waals surface area contributed by atoms with Crippen LogP contribution in [-0.2, 0) is 9.59 Å². The third-order valence-corrected chi connectivity index (χ3v) is 3.71. The molecular formula is C14H12ClFN2O5. The number of fused-ring (bicyclic) bond motifs is 1. The van der Waals surface area contributed by atoms with Gasteiger partial charge in [0, 0.05) is 12.6 Å². The first-order valence-electron chi connectivity index (χ1n) is 6.47. The number of Topliss-reactive ketones (excluding diaryl/α,β-unsaturated/α-hetero) is 1. The molecule has 0 radical (unpaired) electrons. The van der Waals surface area contributed by atoms with E-state index >= 15 is 0 Å². The van der Waals surface area contributed by atoms with Gasteiger partial charge < -0.3 is 15.6 Å². The Morgan fingerprint density at radius 1 is 1.39 bits per heavy atom. The highest BCUT2D eigenvalue weighted by Crippen LogP contribution is 2.35. The quantitative estimate of drug-likeness (QED) is 0.435. The predicted molar refractivity (Wildman–Crippen MR) is 78.8 cm³/mol. The monoisotopic (exact) mass is 342 g/mol. The average Bonchev–Trinajstić information content (AvgIpc) is 2.44. The smallest absolute Gasteiger partial charge is 0.344 e. The highest BCUT2D eigenvalue weighted by Gasteiger charge is 2.32. The molecule has 0 aromatic heterocycles. The number of hydrogen-bond donors (Lipinski definition) is 3. The molecule has 1 heterocycles. The van der Waals surface area contributed by atoms with Crippen LogP contribution in [0.25, 0.3) is 0 Å². The molecule has 2 rings (SSSR count). The number of carbonyl (C=O) groups is 3. The molecular weight excluding hydrogens is 331 g/mol. The molecule has 0 aliphatic carbocycles. The van der Waals surface area contributed by atoms with E-state index in [1.54, 1.807) is 6.92 Å². The number of nitrogens with zero attached hydrogens (tertiary/aromatic N) is 1. The van der Waals surface area contributed by atoms with Gasteiger partial charge in [0.25, 0.3) is 0 Å². The molecule has 23 heavy (non-hydrogen) atoms. The third kappa shape index (κ3) is 3.11. The summed E-state index contributed by atoms with van der Waals surface area (Å²) in [6, 6.07) is 1.96. The summed E-state index contributed by atoms with van der Waals surface area (Å²) in [5, 5.41) is 18.7. The number of carboxylic acid groups (broad SMARTS) is 2. The lowest BCUT2D eigenvalue weighted by Gasteiger charge is -2.36. The summed E-state index contributed by atoms with van der Waals surface area (Å²) in [5.41, 5.74) is 1.86. The minimum absolute atomic E-state index is 0.00644. The second-order valence-corrected chi connectivity index (χ2v) is 5.28. The van der Waals surface area contributed by atoms with E-state index in [-0.39, 0.29) is 28.5 Å². The van der Waals surface area contributed by atoms with Gasteiger partial charge >= 0.3 is 11.9 Å². The summed E-state index contributed by atoms with van der Waals surface area (Å²) in [4.78, 5) is 33.8. The van der Waals surface area contributed by atoms with Gasteiger partial charge in [-0.3, -0.25) is 9.80 Å². The molecule has 1 aromatic carbocycles. The van der Waals surface area contributed by atoms with Gasteiger partial charge in [0.05, 0.1) is 22.3 Å². The van der Waals surface area contributed by atoms with Crippen LogP contribution < -0.4 is 10.4 Å². The zero-order valence-electron chi connectivity index (χ0n) is 11.8. The Hall–Kier alpha value is -2.61. The molecule has 1 aromatic rings. The molecule has 0 amide bonds. The van der Waals surface area contributed by atoms with E-state index in [4.69, 9.17) is 21.8 Å². The maximum Gasteiger partial charge on any atom is 0.344 e. The van der Waals surface area contributed by atoms with Crippen molar-refractivity contribution in [3.8, 4) is 0 Å². The summed E-state index contributed by atoms with van der Waals surface area (Å²) >= 11 is 5.83. The Labute approximate surface area is 134 Å². The van der Waals surface area contributed by atoms with E-state index in [1.165, 1.54) is 11.1 Å². The molecule has 1 atom stereocenters. The Bertz CT molecular complexity index is 718. The van der Waals surface area contributed by atoms with Gasteiger partial charge in [-0.25, -0.2) is 14.0 Å². The van der Waals surface area contributed by atoms with Crippen molar-refractivity contribution in [2.24, 2.45) is 0 Å². The summed E-state index contributed by atoms with van der Waals surface area (Å²) in [6.07, 6.45) is 0.796. The lowest BCUT2D eigenvalue weighted by atomic mass is 9.96. The fourth-order valence-electron chi connectivity index (χ4n) is 2.25. The second-order valence-electron chi connectivity index (χ2n) is 4.90. The fraction of sp³-hybridized carbons (Fsp3) is 0.214. The third-order valence-electron chi connectivity index (χ3n) is 3.34. The van der Waals surface area contributed by atoms with Crippen molar-refractivity contribution in [3.05, 3.63) is 40.3 Å². The lowest BCUT2D eigenvalue weighted by molar-refractivity contribution is -0.140. The van der Waals surface area contributed by atoms with Crippen LogP contribution in [0.5, 0.6) is 0 Å². The first-order chi connectivity index (χ1) is 10.7. The molecule has 7 nitrogen and oxygen atoms in total. The minimum atomic E-state index is -1.62. The van der Waals surface area contributed by atoms with Gasteiger partial charge in [0.1, 0.15) is 5.82 Å². The molecule has 1 unspecified atom stereocenters. The van der Waals surface area contributed by atoms with Crippen LogP contribution in [0.2, 0.25) is 5.02 Å². The largest absolute Gasteiger partial charge is 0.477 e. The molecule has 0 bridgehead atoms. The van der Waals surface area contributed by atoms with Crippen LogP contribution in [0, 0.1) is 5.82 Å². The number of hydrogen-bond acceptors (Lipinski definition) is 5. The van der Waals surface area contributed by atoms with Crippen molar-refractivity contribution in [2.45, 2.75) is 19.4 Å². The zero-order valence-corrected chi connectivity index (χ0v) is 12.6. The standard InChI is InChI=1S/C14H12ClFN2O5/c1-6-4-10(19)11-9(3-2-8(16)12(11)15)18(6)17-5-7(13(20)21)14(22)23/h2-3,5-6,17H,4H2,1H3,(H,20,21)(H,22,23). The van der Waals surface area contributed by atoms with Gasteiger partial charge in [0.2, 0.25) is 0 Å². The molecule has 1 aliphatic rings. The number of rotatable bonds is 4. The molecule has 0 saturated heterocycles. The topological polar surface area (TPSA) is 107 Å². The number of carboxylic acids is 2. The number of aliphatic carboxylic acids is 2.